The van der Waals surface area contributed by atoms with Crippen molar-refractivity contribution in [3.8, 4) is 5.75 Å². The van der Waals surface area contributed by atoms with Gasteiger partial charge in [-0.25, -0.2) is 4.98 Å². The molecule has 0 aliphatic heterocycles. The van der Waals surface area contributed by atoms with E-state index in [0.717, 1.165) is 5.56 Å². The molecule has 0 amide bonds. The van der Waals surface area contributed by atoms with Gasteiger partial charge in [0.15, 0.2) is 5.78 Å². The molecule has 1 aromatic heterocycles. The lowest BCUT2D eigenvalue weighted by Crippen LogP contribution is -2.04. The fourth-order valence-corrected chi connectivity index (χ4v) is 1.65. The number of benzene rings is 1. The summed E-state index contributed by atoms with van der Waals surface area (Å²) < 4.78 is 5.76. The van der Waals surface area contributed by atoms with Crippen LogP contribution in [0.4, 0.5) is 0 Å². The van der Waals surface area contributed by atoms with Crippen LogP contribution in [0.2, 0.25) is 0 Å². The number of carbonyl (C=O) groups excluding carboxylic acids is 1. The molecule has 3 nitrogen and oxygen atoms in total. The van der Waals surface area contributed by atoms with Gasteiger partial charge in [-0.15, -0.1) is 0 Å². The van der Waals surface area contributed by atoms with E-state index in [-0.39, 0.29) is 11.9 Å². The van der Waals surface area contributed by atoms with Crippen LogP contribution >= 0.6 is 0 Å². The first-order valence-electron chi connectivity index (χ1n) is 5.85. The van der Waals surface area contributed by atoms with E-state index in [1.807, 2.05) is 37.3 Å². The standard InChI is InChI=1S/C15H15NO2/c1-11(17)15-9-8-14(10-16-15)18-12(2)13-6-4-3-5-7-13/h3-10,12H,1-2H3. The summed E-state index contributed by atoms with van der Waals surface area (Å²) in [5, 5.41) is 0. The third-order valence-electron chi connectivity index (χ3n) is 2.68. The second kappa shape index (κ2) is 5.45. The Kier molecular flexibility index (Phi) is 3.72. The quantitative estimate of drug-likeness (QED) is 0.770. The minimum Gasteiger partial charge on any atom is -0.484 e. The van der Waals surface area contributed by atoms with Gasteiger partial charge in [0, 0.05) is 6.92 Å². The third-order valence-corrected chi connectivity index (χ3v) is 2.68. The van der Waals surface area contributed by atoms with E-state index in [4.69, 9.17) is 4.74 Å². The van der Waals surface area contributed by atoms with Crippen LogP contribution in [0.3, 0.4) is 0 Å². The van der Waals surface area contributed by atoms with Crippen LogP contribution < -0.4 is 4.74 Å². The van der Waals surface area contributed by atoms with Crippen molar-refractivity contribution in [2.45, 2.75) is 20.0 Å². The molecular formula is C15H15NO2. The first kappa shape index (κ1) is 12.3. The Hall–Kier alpha value is -2.16. The molecule has 18 heavy (non-hydrogen) atoms. The zero-order valence-corrected chi connectivity index (χ0v) is 10.5. The summed E-state index contributed by atoms with van der Waals surface area (Å²) in [4.78, 5) is 15.1. The molecule has 0 radical (unpaired) electrons. The van der Waals surface area contributed by atoms with Gasteiger partial charge in [-0.2, -0.15) is 0 Å². The van der Waals surface area contributed by atoms with Crippen molar-refractivity contribution in [1.82, 2.24) is 4.98 Å². The van der Waals surface area contributed by atoms with E-state index < -0.39 is 0 Å². The first-order valence-corrected chi connectivity index (χ1v) is 5.85. The van der Waals surface area contributed by atoms with Crippen molar-refractivity contribution in [3.63, 3.8) is 0 Å². The monoisotopic (exact) mass is 241 g/mol. The molecule has 0 spiro atoms. The molecule has 1 aromatic carbocycles. The van der Waals surface area contributed by atoms with E-state index >= 15 is 0 Å². The number of nitrogens with zero attached hydrogens (tertiary/aromatic N) is 1. The van der Waals surface area contributed by atoms with Gasteiger partial charge in [0.2, 0.25) is 0 Å². The second-order valence-electron chi connectivity index (χ2n) is 4.11. The van der Waals surface area contributed by atoms with Gasteiger partial charge in [0.25, 0.3) is 0 Å². The normalized spacial score (nSPS) is 11.9. The van der Waals surface area contributed by atoms with Crippen molar-refractivity contribution < 1.29 is 9.53 Å². The molecule has 0 aliphatic rings. The summed E-state index contributed by atoms with van der Waals surface area (Å²) in [6.45, 7) is 3.48. The second-order valence-corrected chi connectivity index (χ2v) is 4.11. The number of hydrogen-bond acceptors (Lipinski definition) is 3. The van der Waals surface area contributed by atoms with Crippen LogP contribution in [0, 0.1) is 0 Å². The number of pyridine rings is 1. The van der Waals surface area contributed by atoms with Crippen molar-refractivity contribution in [3.05, 3.63) is 59.9 Å². The molecule has 2 aromatic rings. The number of hydrogen-bond donors (Lipinski definition) is 0. The number of ether oxygens (including phenoxy) is 1. The summed E-state index contributed by atoms with van der Waals surface area (Å²) in [7, 11) is 0. The maximum Gasteiger partial charge on any atom is 0.178 e. The molecule has 2 rings (SSSR count). The molecule has 0 bridgehead atoms. The molecule has 1 unspecified atom stereocenters. The Balaban J connectivity index is 2.08. The Morgan fingerprint density at radius 2 is 1.89 bits per heavy atom. The maximum atomic E-state index is 11.1. The fourth-order valence-electron chi connectivity index (χ4n) is 1.65. The first-order chi connectivity index (χ1) is 8.66. The molecule has 1 atom stereocenters. The summed E-state index contributed by atoms with van der Waals surface area (Å²) in [6.07, 6.45) is 1.53. The van der Waals surface area contributed by atoms with Crippen LogP contribution in [-0.2, 0) is 0 Å². The third kappa shape index (κ3) is 2.94. The van der Waals surface area contributed by atoms with Gasteiger partial charge in [-0.05, 0) is 24.6 Å². The van der Waals surface area contributed by atoms with Crippen LogP contribution in [0.25, 0.3) is 0 Å². The average Bonchev–Trinajstić information content (AvgIpc) is 2.40. The zero-order chi connectivity index (χ0) is 13.0. The molecule has 92 valence electrons. The molecule has 3 heteroatoms. The average molecular weight is 241 g/mol. The van der Waals surface area contributed by atoms with Crippen molar-refractivity contribution in [2.75, 3.05) is 0 Å². The molecule has 0 saturated heterocycles. The van der Waals surface area contributed by atoms with E-state index in [1.165, 1.54) is 6.92 Å². The lowest BCUT2D eigenvalue weighted by Gasteiger charge is -2.14. The molecular weight excluding hydrogens is 226 g/mol. The summed E-state index contributed by atoms with van der Waals surface area (Å²) in [5.74, 6) is 0.619. The predicted octanol–water partition coefficient (Wildman–Crippen LogP) is 3.42. The summed E-state index contributed by atoms with van der Waals surface area (Å²) in [5.41, 5.74) is 1.56. The molecule has 1 heterocycles. The van der Waals surface area contributed by atoms with E-state index in [0.29, 0.717) is 11.4 Å². The largest absolute Gasteiger partial charge is 0.484 e. The number of aromatic nitrogens is 1. The number of carbonyl (C=O) groups is 1. The van der Waals surface area contributed by atoms with Gasteiger partial charge in [0.05, 0.1) is 6.20 Å². The highest BCUT2D eigenvalue weighted by Crippen LogP contribution is 2.20. The molecule has 0 saturated carbocycles. The predicted molar refractivity (Wildman–Crippen MR) is 69.7 cm³/mol. The Morgan fingerprint density at radius 3 is 2.44 bits per heavy atom. The van der Waals surface area contributed by atoms with Gasteiger partial charge >= 0.3 is 0 Å². The maximum absolute atomic E-state index is 11.1. The van der Waals surface area contributed by atoms with E-state index in [2.05, 4.69) is 4.98 Å². The summed E-state index contributed by atoms with van der Waals surface area (Å²) >= 11 is 0. The Labute approximate surface area is 106 Å². The highest BCUT2D eigenvalue weighted by Gasteiger charge is 2.07. The van der Waals surface area contributed by atoms with Gasteiger partial charge in [-0.3, -0.25) is 4.79 Å². The minimum atomic E-state index is -0.0452. The Morgan fingerprint density at radius 1 is 1.17 bits per heavy atom. The van der Waals surface area contributed by atoms with Crippen LogP contribution in [0.5, 0.6) is 5.75 Å². The van der Waals surface area contributed by atoms with Crippen molar-refractivity contribution >= 4 is 5.78 Å². The number of ketones is 1. The van der Waals surface area contributed by atoms with Crippen molar-refractivity contribution in [2.24, 2.45) is 0 Å². The summed E-state index contributed by atoms with van der Waals surface area (Å²) in [6, 6.07) is 13.4. The topological polar surface area (TPSA) is 39.2 Å². The lowest BCUT2D eigenvalue weighted by atomic mass is 10.1. The smallest absolute Gasteiger partial charge is 0.178 e. The minimum absolute atomic E-state index is 0.0438. The molecule has 0 N–H and O–H groups in total. The highest BCUT2D eigenvalue weighted by molar-refractivity contribution is 5.92. The fraction of sp³-hybridized carbons (Fsp3) is 0.200. The zero-order valence-electron chi connectivity index (χ0n) is 10.5. The number of rotatable bonds is 4. The van der Waals surface area contributed by atoms with Crippen molar-refractivity contribution in [1.29, 1.82) is 0 Å². The van der Waals surface area contributed by atoms with Crippen LogP contribution in [0.1, 0.15) is 36.0 Å². The van der Waals surface area contributed by atoms with Gasteiger partial charge < -0.3 is 4.74 Å². The molecule has 0 aliphatic carbocycles. The van der Waals surface area contributed by atoms with Crippen LogP contribution in [0.15, 0.2) is 48.7 Å². The SMILES string of the molecule is CC(=O)c1ccc(OC(C)c2ccccc2)cn1. The van der Waals surface area contributed by atoms with Gasteiger partial charge in [-0.1, -0.05) is 30.3 Å². The Bertz CT molecular complexity index is 520. The van der Waals surface area contributed by atoms with E-state index in [9.17, 15) is 4.79 Å². The van der Waals surface area contributed by atoms with Crippen LogP contribution in [-0.4, -0.2) is 10.8 Å². The molecule has 0 fully saturated rings. The number of Topliss-reactive ketones (excluding diaryl/α,β-unsaturated/α-hetero) is 1. The van der Waals surface area contributed by atoms with Gasteiger partial charge in [0.1, 0.15) is 17.5 Å². The van der Waals surface area contributed by atoms with E-state index in [1.54, 1.807) is 18.3 Å². The highest BCUT2D eigenvalue weighted by atomic mass is 16.5. The lowest BCUT2D eigenvalue weighted by molar-refractivity contribution is 0.101.